The van der Waals surface area contributed by atoms with Gasteiger partial charge in [-0.3, -0.25) is 5.32 Å². The average Bonchev–Trinajstić information content (AvgIpc) is 3.11. The molecule has 1 atom stereocenters. The molecular weight excluding hydrogens is 242 g/mol. The first-order chi connectivity index (χ1) is 9.08. The topological polar surface area (TPSA) is 47.6 Å². The second kappa shape index (κ2) is 6.23. The Morgan fingerprint density at radius 1 is 1.26 bits per heavy atom. The summed E-state index contributed by atoms with van der Waals surface area (Å²) in [6, 6.07) is 0.242. The molecule has 0 amide bonds. The van der Waals surface area contributed by atoms with Gasteiger partial charge in [-0.1, -0.05) is 12.8 Å². The van der Waals surface area contributed by atoms with E-state index < -0.39 is 5.54 Å². The van der Waals surface area contributed by atoms with Crippen molar-refractivity contribution in [2.45, 2.75) is 70.1 Å². The van der Waals surface area contributed by atoms with Crippen LogP contribution < -0.4 is 5.32 Å². The molecule has 2 rings (SSSR count). The zero-order chi connectivity index (χ0) is 13.9. The molecule has 110 valence electrons. The van der Waals surface area contributed by atoms with Crippen molar-refractivity contribution in [2.75, 3.05) is 13.7 Å². The van der Waals surface area contributed by atoms with E-state index in [9.17, 15) is 4.79 Å². The molecule has 0 heterocycles. The van der Waals surface area contributed by atoms with Crippen molar-refractivity contribution in [3.05, 3.63) is 0 Å². The van der Waals surface area contributed by atoms with Crippen LogP contribution in [-0.4, -0.2) is 37.4 Å². The van der Waals surface area contributed by atoms with Crippen LogP contribution in [0.15, 0.2) is 0 Å². The molecule has 0 aromatic heterocycles. The van der Waals surface area contributed by atoms with E-state index in [1.165, 1.54) is 20.0 Å². The van der Waals surface area contributed by atoms with Gasteiger partial charge in [-0.05, 0) is 45.4 Å². The van der Waals surface area contributed by atoms with Crippen molar-refractivity contribution in [3.63, 3.8) is 0 Å². The summed E-state index contributed by atoms with van der Waals surface area (Å²) in [5.41, 5.74) is -0.633. The summed E-state index contributed by atoms with van der Waals surface area (Å²) in [6.45, 7) is 4.58. The number of nitrogens with one attached hydrogen (secondary N) is 1. The normalized spacial score (nSPS) is 23.6. The van der Waals surface area contributed by atoms with Gasteiger partial charge in [-0.25, -0.2) is 4.79 Å². The minimum atomic E-state index is -0.633. The van der Waals surface area contributed by atoms with Crippen LogP contribution in [0.5, 0.6) is 0 Å². The molecule has 4 heteroatoms. The van der Waals surface area contributed by atoms with Gasteiger partial charge in [-0.15, -0.1) is 0 Å². The van der Waals surface area contributed by atoms with Crippen LogP contribution in [0, 0.1) is 5.92 Å². The van der Waals surface area contributed by atoms with Gasteiger partial charge in [0.1, 0.15) is 5.54 Å². The van der Waals surface area contributed by atoms with Crippen molar-refractivity contribution in [1.29, 1.82) is 0 Å². The maximum atomic E-state index is 12.3. The van der Waals surface area contributed by atoms with E-state index in [1.807, 2.05) is 0 Å². The van der Waals surface area contributed by atoms with E-state index in [1.54, 1.807) is 0 Å². The Hall–Kier alpha value is -0.610. The molecule has 2 fully saturated rings. The van der Waals surface area contributed by atoms with E-state index in [0.29, 0.717) is 18.6 Å². The summed E-state index contributed by atoms with van der Waals surface area (Å²) >= 11 is 0. The number of rotatable bonds is 7. The molecule has 0 spiro atoms. The fraction of sp³-hybridized carbons (Fsp3) is 0.933. The molecule has 2 saturated carbocycles. The number of methoxy groups -OCH3 is 1. The molecule has 4 nitrogen and oxygen atoms in total. The van der Waals surface area contributed by atoms with Crippen molar-refractivity contribution >= 4 is 5.97 Å². The molecule has 0 saturated heterocycles. The third-order valence-corrected chi connectivity index (χ3v) is 4.22. The van der Waals surface area contributed by atoms with E-state index in [4.69, 9.17) is 9.47 Å². The summed E-state index contributed by atoms with van der Waals surface area (Å²) in [4.78, 5) is 12.3. The third-order valence-electron chi connectivity index (χ3n) is 4.22. The smallest absolute Gasteiger partial charge is 0.328 e. The SMILES string of the molecule is COC(=O)C(COC1CCCC1)(NC(C)C)C1CC1. The molecule has 0 aromatic rings. The predicted molar refractivity (Wildman–Crippen MR) is 74.0 cm³/mol. The number of carbonyl (C=O) groups excluding carboxylic acids is 1. The lowest BCUT2D eigenvalue weighted by Gasteiger charge is -2.35. The van der Waals surface area contributed by atoms with Crippen LogP contribution >= 0.6 is 0 Å². The number of esters is 1. The quantitative estimate of drug-likeness (QED) is 0.720. The fourth-order valence-electron chi connectivity index (χ4n) is 3.14. The van der Waals surface area contributed by atoms with Gasteiger partial charge in [-0.2, -0.15) is 0 Å². The molecule has 2 aliphatic rings. The highest BCUT2D eigenvalue weighted by atomic mass is 16.5. The van der Waals surface area contributed by atoms with E-state index >= 15 is 0 Å². The van der Waals surface area contributed by atoms with Gasteiger partial charge in [0, 0.05) is 6.04 Å². The van der Waals surface area contributed by atoms with Gasteiger partial charge in [0.15, 0.2) is 0 Å². The Kier molecular flexibility index (Phi) is 4.85. The summed E-state index contributed by atoms with van der Waals surface area (Å²) < 4.78 is 11.1. The number of hydrogen-bond acceptors (Lipinski definition) is 4. The highest BCUT2D eigenvalue weighted by Crippen LogP contribution is 2.41. The van der Waals surface area contributed by atoms with Gasteiger partial charge in [0.25, 0.3) is 0 Å². The van der Waals surface area contributed by atoms with Crippen molar-refractivity contribution in [3.8, 4) is 0 Å². The van der Waals surface area contributed by atoms with Crippen LogP contribution in [0.2, 0.25) is 0 Å². The minimum Gasteiger partial charge on any atom is -0.468 e. The van der Waals surface area contributed by atoms with Crippen molar-refractivity contribution in [2.24, 2.45) is 5.92 Å². The molecule has 0 aliphatic heterocycles. The van der Waals surface area contributed by atoms with Gasteiger partial charge >= 0.3 is 5.97 Å². The summed E-state index contributed by atoms with van der Waals surface area (Å²) in [6.07, 6.45) is 7.25. The second-order valence-electron chi connectivity index (χ2n) is 6.25. The number of ether oxygens (including phenoxy) is 2. The Morgan fingerprint density at radius 3 is 2.37 bits per heavy atom. The van der Waals surface area contributed by atoms with Crippen LogP contribution in [0.3, 0.4) is 0 Å². The molecule has 1 unspecified atom stereocenters. The molecule has 2 aliphatic carbocycles. The standard InChI is InChI=1S/C15H27NO3/c1-11(2)16-15(12-8-9-12,14(17)18-3)10-19-13-6-4-5-7-13/h11-13,16H,4-10H2,1-3H3. The van der Waals surface area contributed by atoms with E-state index in [-0.39, 0.29) is 12.0 Å². The molecule has 0 radical (unpaired) electrons. The van der Waals surface area contributed by atoms with Crippen LogP contribution in [0.25, 0.3) is 0 Å². The van der Waals surface area contributed by atoms with Crippen LogP contribution in [0.4, 0.5) is 0 Å². The lowest BCUT2D eigenvalue weighted by molar-refractivity contribution is -0.154. The fourth-order valence-corrected chi connectivity index (χ4v) is 3.14. The van der Waals surface area contributed by atoms with Crippen molar-refractivity contribution in [1.82, 2.24) is 5.32 Å². The molecule has 19 heavy (non-hydrogen) atoms. The monoisotopic (exact) mass is 269 g/mol. The second-order valence-corrected chi connectivity index (χ2v) is 6.25. The molecule has 0 bridgehead atoms. The Balaban J connectivity index is 2.04. The zero-order valence-corrected chi connectivity index (χ0v) is 12.4. The molecular formula is C15H27NO3. The highest BCUT2D eigenvalue weighted by molar-refractivity contribution is 5.82. The summed E-state index contributed by atoms with van der Waals surface area (Å²) in [7, 11) is 1.47. The number of hydrogen-bond donors (Lipinski definition) is 1. The first-order valence-electron chi connectivity index (χ1n) is 7.56. The van der Waals surface area contributed by atoms with Crippen LogP contribution in [-0.2, 0) is 14.3 Å². The lowest BCUT2D eigenvalue weighted by Crippen LogP contribution is -2.60. The Bertz CT molecular complexity index is 309. The Morgan fingerprint density at radius 2 is 1.89 bits per heavy atom. The molecule has 0 aromatic carbocycles. The maximum absolute atomic E-state index is 12.3. The third kappa shape index (κ3) is 3.48. The zero-order valence-electron chi connectivity index (χ0n) is 12.4. The molecule has 1 N–H and O–H groups in total. The van der Waals surface area contributed by atoms with Crippen LogP contribution in [0.1, 0.15) is 52.4 Å². The predicted octanol–water partition coefficient (Wildman–Crippen LogP) is 2.27. The first-order valence-corrected chi connectivity index (χ1v) is 7.56. The minimum absolute atomic E-state index is 0.165. The lowest BCUT2D eigenvalue weighted by atomic mass is 9.93. The largest absolute Gasteiger partial charge is 0.468 e. The van der Waals surface area contributed by atoms with Crippen molar-refractivity contribution < 1.29 is 14.3 Å². The van der Waals surface area contributed by atoms with Gasteiger partial charge in [0.2, 0.25) is 0 Å². The summed E-state index contributed by atoms with van der Waals surface area (Å²) in [5, 5.41) is 3.43. The maximum Gasteiger partial charge on any atom is 0.328 e. The van der Waals surface area contributed by atoms with Gasteiger partial charge < -0.3 is 9.47 Å². The summed E-state index contributed by atoms with van der Waals surface area (Å²) in [5.74, 6) is 0.199. The first kappa shape index (κ1) is 14.8. The average molecular weight is 269 g/mol. The van der Waals surface area contributed by atoms with E-state index in [0.717, 1.165) is 25.7 Å². The highest BCUT2D eigenvalue weighted by Gasteiger charge is 2.52. The number of carbonyl (C=O) groups is 1. The van der Waals surface area contributed by atoms with Gasteiger partial charge in [0.05, 0.1) is 19.8 Å². The Labute approximate surface area is 116 Å². The van der Waals surface area contributed by atoms with E-state index in [2.05, 4.69) is 19.2 Å².